The third kappa shape index (κ3) is 2.61. The van der Waals surface area contributed by atoms with Crippen LogP contribution in [0.2, 0.25) is 0 Å². The molecule has 0 aliphatic rings. The number of rotatable bonds is 3. The van der Waals surface area contributed by atoms with E-state index in [1.807, 2.05) is 0 Å². The highest BCUT2D eigenvalue weighted by molar-refractivity contribution is 7.10. The van der Waals surface area contributed by atoms with Gasteiger partial charge < -0.3 is 9.84 Å². The number of anilines is 1. The Hall–Kier alpha value is -1.64. The fourth-order valence-electron chi connectivity index (χ4n) is 1.40. The van der Waals surface area contributed by atoms with E-state index in [0.717, 1.165) is 0 Å². The Morgan fingerprint density at radius 1 is 1.39 bits per heavy atom. The standard InChI is InChI=1S/C9H9F3N4OS/c1-4-6(8(13-2)18-16-4)7-14-5(15-17-7)3-9(10,11)12/h13H,3H2,1-2H3. The van der Waals surface area contributed by atoms with E-state index >= 15 is 0 Å². The number of halogens is 3. The summed E-state index contributed by atoms with van der Waals surface area (Å²) in [5.41, 5.74) is 1.18. The van der Waals surface area contributed by atoms with Gasteiger partial charge in [0.2, 0.25) is 0 Å². The Labute approximate surface area is 104 Å². The van der Waals surface area contributed by atoms with E-state index in [0.29, 0.717) is 16.3 Å². The van der Waals surface area contributed by atoms with Crippen molar-refractivity contribution >= 4 is 16.5 Å². The summed E-state index contributed by atoms with van der Waals surface area (Å²) in [6.07, 6.45) is -5.56. The van der Waals surface area contributed by atoms with Crippen molar-refractivity contribution in [2.24, 2.45) is 0 Å². The van der Waals surface area contributed by atoms with Crippen molar-refractivity contribution < 1.29 is 17.7 Å². The Morgan fingerprint density at radius 3 is 2.72 bits per heavy atom. The molecule has 0 aromatic carbocycles. The molecule has 2 aromatic rings. The van der Waals surface area contributed by atoms with Crippen LogP contribution in [0.5, 0.6) is 0 Å². The van der Waals surface area contributed by atoms with Crippen LogP contribution in [0, 0.1) is 6.92 Å². The van der Waals surface area contributed by atoms with E-state index < -0.39 is 12.6 Å². The zero-order valence-electron chi connectivity index (χ0n) is 9.50. The number of nitrogens with zero attached hydrogens (tertiary/aromatic N) is 3. The molecule has 0 spiro atoms. The minimum Gasteiger partial charge on any atom is -0.378 e. The summed E-state index contributed by atoms with van der Waals surface area (Å²) >= 11 is 1.18. The molecule has 1 N–H and O–H groups in total. The Bertz CT molecular complexity index is 548. The summed E-state index contributed by atoms with van der Waals surface area (Å²) in [6.45, 7) is 1.72. The van der Waals surface area contributed by atoms with Crippen molar-refractivity contribution in [2.45, 2.75) is 19.5 Å². The van der Waals surface area contributed by atoms with Crippen molar-refractivity contribution in [2.75, 3.05) is 12.4 Å². The van der Waals surface area contributed by atoms with Crippen LogP contribution in [-0.4, -0.2) is 27.7 Å². The highest BCUT2D eigenvalue weighted by Gasteiger charge is 2.31. The molecule has 0 aliphatic carbocycles. The van der Waals surface area contributed by atoms with Crippen LogP contribution in [0.15, 0.2) is 4.52 Å². The molecular weight excluding hydrogens is 269 g/mol. The maximum absolute atomic E-state index is 12.2. The lowest BCUT2D eigenvalue weighted by molar-refractivity contribution is -0.128. The van der Waals surface area contributed by atoms with Crippen LogP contribution in [0.1, 0.15) is 11.5 Å². The van der Waals surface area contributed by atoms with Gasteiger partial charge in [-0.1, -0.05) is 5.16 Å². The first-order valence-electron chi connectivity index (χ1n) is 4.94. The average molecular weight is 278 g/mol. The summed E-state index contributed by atoms with van der Waals surface area (Å²) in [5.74, 6) is -0.338. The lowest BCUT2D eigenvalue weighted by Crippen LogP contribution is -2.12. The second-order valence-corrected chi connectivity index (χ2v) is 4.30. The predicted octanol–water partition coefficient (Wildman–Crippen LogP) is 2.65. The van der Waals surface area contributed by atoms with Crippen molar-refractivity contribution in [3.63, 3.8) is 0 Å². The van der Waals surface area contributed by atoms with Gasteiger partial charge in [0.05, 0.1) is 11.3 Å². The first-order chi connectivity index (χ1) is 8.40. The molecule has 0 fully saturated rings. The third-order valence-corrected chi connectivity index (χ3v) is 3.09. The minimum absolute atomic E-state index is 0.0462. The molecule has 2 heterocycles. The van der Waals surface area contributed by atoms with Crippen LogP contribution in [-0.2, 0) is 6.42 Å². The molecule has 0 aliphatic heterocycles. The summed E-state index contributed by atoms with van der Waals surface area (Å²) in [4.78, 5) is 3.74. The first-order valence-corrected chi connectivity index (χ1v) is 5.72. The van der Waals surface area contributed by atoms with Gasteiger partial charge >= 0.3 is 6.18 Å². The average Bonchev–Trinajstić information content (AvgIpc) is 2.82. The summed E-state index contributed by atoms with van der Waals surface area (Å²) in [5, 5.41) is 6.87. The highest BCUT2D eigenvalue weighted by atomic mass is 32.1. The fraction of sp³-hybridized carbons (Fsp3) is 0.444. The lowest BCUT2D eigenvalue weighted by Gasteiger charge is -2.00. The normalized spacial score (nSPS) is 11.8. The molecule has 2 rings (SSSR count). The van der Waals surface area contributed by atoms with Crippen LogP contribution in [0.4, 0.5) is 18.2 Å². The van der Waals surface area contributed by atoms with Crippen LogP contribution in [0.3, 0.4) is 0 Å². The minimum atomic E-state index is -4.35. The largest absolute Gasteiger partial charge is 0.396 e. The number of aromatic nitrogens is 3. The molecule has 0 unspecified atom stereocenters. The molecule has 0 amide bonds. The van der Waals surface area contributed by atoms with Crippen molar-refractivity contribution in [3.05, 3.63) is 11.5 Å². The fourth-order valence-corrected chi connectivity index (χ4v) is 2.14. The number of hydrogen-bond donors (Lipinski definition) is 1. The Kier molecular flexibility index (Phi) is 3.24. The third-order valence-electron chi connectivity index (χ3n) is 2.13. The van der Waals surface area contributed by atoms with Crippen LogP contribution < -0.4 is 5.32 Å². The zero-order chi connectivity index (χ0) is 13.3. The van der Waals surface area contributed by atoms with Gasteiger partial charge in [0, 0.05) is 7.05 Å². The number of nitrogens with one attached hydrogen (secondary N) is 1. The molecule has 0 bridgehead atoms. The monoisotopic (exact) mass is 278 g/mol. The number of alkyl halides is 3. The zero-order valence-corrected chi connectivity index (χ0v) is 10.3. The van der Waals surface area contributed by atoms with Gasteiger partial charge in [-0.2, -0.15) is 22.5 Å². The van der Waals surface area contributed by atoms with E-state index in [2.05, 4.69) is 19.8 Å². The molecule has 0 radical (unpaired) electrons. The highest BCUT2D eigenvalue weighted by Crippen LogP contribution is 2.33. The second kappa shape index (κ2) is 4.56. The molecule has 5 nitrogen and oxygen atoms in total. The smallest absolute Gasteiger partial charge is 0.378 e. The maximum atomic E-state index is 12.2. The van der Waals surface area contributed by atoms with Gasteiger partial charge in [-0.05, 0) is 18.5 Å². The van der Waals surface area contributed by atoms with Gasteiger partial charge in [-0.3, -0.25) is 0 Å². The van der Waals surface area contributed by atoms with E-state index in [-0.39, 0.29) is 11.7 Å². The Morgan fingerprint density at radius 2 is 2.11 bits per heavy atom. The summed E-state index contributed by atoms with van der Waals surface area (Å²) in [7, 11) is 1.68. The molecule has 2 aromatic heterocycles. The van der Waals surface area contributed by atoms with Gasteiger partial charge in [0.15, 0.2) is 5.82 Å². The first kappa shape index (κ1) is 12.8. The SMILES string of the molecule is CNc1snc(C)c1-c1nc(CC(F)(F)F)no1. The second-order valence-electron chi connectivity index (χ2n) is 3.53. The van der Waals surface area contributed by atoms with E-state index in [1.54, 1.807) is 14.0 Å². The molecule has 0 saturated carbocycles. The lowest BCUT2D eigenvalue weighted by atomic mass is 10.2. The molecule has 9 heteroatoms. The molecular formula is C9H9F3N4OS. The maximum Gasteiger partial charge on any atom is 0.396 e. The van der Waals surface area contributed by atoms with Crippen molar-refractivity contribution in [1.29, 1.82) is 0 Å². The van der Waals surface area contributed by atoms with Crippen molar-refractivity contribution in [3.8, 4) is 11.5 Å². The molecule has 18 heavy (non-hydrogen) atoms. The van der Waals surface area contributed by atoms with E-state index in [1.165, 1.54) is 11.5 Å². The molecule has 0 atom stereocenters. The van der Waals surface area contributed by atoms with E-state index in [4.69, 9.17) is 4.52 Å². The van der Waals surface area contributed by atoms with Gasteiger partial charge in [-0.15, -0.1) is 0 Å². The van der Waals surface area contributed by atoms with Gasteiger partial charge in [-0.25, -0.2) is 0 Å². The Balaban J connectivity index is 2.32. The van der Waals surface area contributed by atoms with Crippen LogP contribution >= 0.6 is 11.5 Å². The topological polar surface area (TPSA) is 63.8 Å². The van der Waals surface area contributed by atoms with Crippen LogP contribution in [0.25, 0.3) is 11.5 Å². The van der Waals surface area contributed by atoms with Crippen molar-refractivity contribution in [1.82, 2.24) is 14.5 Å². The number of aryl methyl sites for hydroxylation is 1. The van der Waals surface area contributed by atoms with Gasteiger partial charge in [0.1, 0.15) is 11.4 Å². The molecule has 0 saturated heterocycles. The van der Waals surface area contributed by atoms with Gasteiger partial charge in [0.25, 0.3) is 5.89 Å². The summed E-state index contributed by atoms with van der Waals surface area (Å²) < 4.78 is 45.4. The van der Waals surface area contributed by atoms with E-state index in [9.17, 15) is 13.2 Å². The summed E-state index contributed by atoms with van der Waals surface area (Å²) in [6, 6.07) is 0. The molecule has 98 valence electrons. The number of hydrogen-bond acceptors (Lipinski definition) is 6. The predicted molar refractivity (Wildman–Crippen MR) is 59.4 cm³/mol. The quantitative estimate of drug-likeness (QED) is 0.935.